The van der Waals surface area contributed by atoms with Crippen LogP contribution in [-0.4, -0.2) is 48.3 Å². The molecule has 27 heavy (non-hydrogen) atoms. The molecular weight excluding hydrogens is 451 g/mol. The van der Waals surface area contributed by atoms with E-state index in [1.807, 2.05) is 11.9 Å². The van der Waals surface area contributed by atoms with Gasteiger partial charge in [-0.15, -0.1) is 24.0 Å². The molecule has 6 heteroatoms. The highest BCUT2D eigenvalue weighted by atomic mass is 127. The van der Waals surface area contributed by atoms with E-state index in [1.54, 1.807) is 0 Å². The molecule has 0 atom stereocenters. The van der Waals surface area contributed by atoms with Gasteiger partial charge in [0.05, 0.1) is 0 Å². The third-order valence-electron chi connectivity index (χ3n) is 6.41. The number of likely N-dealkylation sites (tertiary alicyclic amines) is 1. The van der Waals surface area contributed by atoms with Gasteiger partial charge >= 0.3 is 0 Å². The summed E-state index contributed by atoms with van der Waals surface area (Å²) in [6, 6.07) is 8.35. The first-order valence-electron chi connectivity index (χ1n) is 9.99. The lowest BCUT2D eigenvalue weighted by molar-refractivity contribution is -0.131. The van der Waals surface area contributed by atoms with Gasteiger partial charge in [0.25, 0.3) is 0 Å². The number of guanidine groups is 1. The maximum Gasteiger partial charge on any atom is 0.223 e. The first kappa shape index (κ1) is 20.4. The monoisotopic (exact) mass is 482 g/mol. The molecule has 1 saturated heterocycles. The van der Waals surface area contributed by atoms with Gasteiger partial charge in [-0.3, -0.25) is 9.79 Å². The van der Waals surface area contributed by atoms with Crippen LogP contribution in [0.15, 0.2) is 29.3 Å². The highest BCUT2D eigenvalue weighted by Crippen LogP contribution is 2.47. The number of fused-ring (bicyclic) bond motifs is 1. The van der Waals surface area contributed by atoms with Crippen molar-refractivity contribution in [2.75, 3.05) is 26.7 Å². The number of hydrogen-bond acceptors (Lipinski definition) is 2. The Labute approximate surface area is 179 Å². The molecule has 5 nitrogen and oxygen atoms in total. The molecular formula is C21H31IN4O. The number of aliphatic imine (C=N–C) groups is 1. The van der Waals surface area contributed by atoms with Crippen LogP contribution in [-0.2, 0) is 17.9 Å². The molecule has 2 fully saturated rings. The topological polar surface area (TPSA) is 47.9 Å². The fraction of sp³-hybridized carbons (Fsp3) is 0.619. The molecule has 1 aliphatic carbocycles. The molecule has 0 bridgehead atoms. The summed E-state index contributed by atoms with van der Waals surface area (Å²) in [4.78, 5) is 21.3. The Morgan fingerprint density at radius 1 is 1.15 bits per heavy atom. The number of halogens is 1. The number of nitrogens with one attached hydrogen (secondary N) is 1. The fourth-order valence-electron chi connectivity index (χ4n) is 4.64. The number of carbonyl (C=O) groups excluding carboxylic acids is 1. The van der Waals surface area contributed by atoms with E-state index < -0.39 is 0 Å². The second-order valence-electron chi connectivity index (χ2n) is 8.12. The minimum absolute atomic E-state index is 0. The number of amides is 1. The third-order valence-corrected chi connectivity index (χ3v) is 6.41. The summed E-state index contributed by atoms with van der Waals surface area (Å²) in [7, 11) is 1.86. The van der Waals surface area contributed by atoms with Gasteiger partial charge in [-0.1, -0.05) is 30.7 Å². The summed E-state index contributed by atoms with van der Waals surface area (Å²) in [5.74, 6) is 1.27. The Morgan fingerprint density at radius 2 is 1.85 bits per heavy atom. The van der Waals surface area contributed by atoms with Gasteiger partial charge in [-0.05, 0) is 42.2 Å². The van der Waals surface area contributed by atoms with Gasteiger partial charge in [0.1, 0.15) is 0 Å². The number of nitrogens with zero attached hydrogens (tertiary/aromatic N) is 3. The minimum Gasteiger partial charge on any atom is -0.356 e. The molecule has 1 spiro atoms. The lowest BCUT2D eigenvalue weighted by Gasteiger charge is -2.38. The first-order chi connectivity index (χ1) is 12.7. The zero-order valence-electron chi connectivity index (χ0n) is 16.2. The molecule has 1 saturated carbocycles. The van der Waals surface area contributed by atoms with Crippen LogP contribution in [0.2, 0.25) is 0 Å². The average Bonchev–Trinajstić information content (AvgIpc) is 3.26. The summed E-state index contributed by atoms with van der Waals surface area (Å²) in [5, 5.41) is 3.47. The standard InChI is InChI=1S/C21H30N4O.HI/c1-22-20(24-13-11-21(16-24)9-5-10-21)23-12-4-8-19(26)25-14-17-6-2-3-7-18(17)15-25;/h2-3,6-7H,4-5,8-16H2,1H3,(H,22,23);1H. The van der Waals surface area contributed by atoms with Crippen LogP contribution in [0.5, 0.6) is 0 Å². The third kappa shape index (κ3) is 4.41. The summed E-state index contributed by atoms with van der Waals surface area (Å²) < 4.78 is 0. The van der Waals surface area contributed by atoms with Crippen LogP contribution in [0, 0.1) is 5.41 Å². The molecule has 148 valence electrons. The molecule has 1 N–H and O–H groups in total. The van der Waals surface area contributed by atoms with Gasteiger partial charge in [0.2, 0.25) is 5.91 Å². The normalized spacial score (nSPS) is 20.3. The van der Waals surface area contributed by atoms with Crippen LogP contribution in [0.4, 0.5) is 0 Å². The number of hydrogen-bond donors (Lipinski definition) is 1. The Kier molecular flexibility index (Phi) is 6.65. The molecule has 2 heterocycles. The molecule has 0 unspecified atom stereocenters. The van der Waals surface area contributed by atoms with Crippen LogP contribution >= 0.6 is 24.0 Å². The van der Waals surface area contributed by atoms with Crippen LogP contribution in [0.1, 0.15) is 49.7 Å². The Bertz CT molecular complexity index is 676. The maximum atomic E-state index is 12.5. The average molecular weight is 482 g/mol. The van der Waals surface area contributed by atoms with Crippen molar-refractivity contribution in [3.8, 4) is 0 Å². The fourth-order valence-corrected chi connectivity index (χ4v) is 4.64. The molecule has 3 aliphatic rings. The lowest BCUT2D eigenvalue weighted by Crippen LogP contribution is -2.43. The molecule has 1 aromatic carbocycles. The Morgan fingerprint density at radius 3 is 2.41 bits per heavy atom. The summed E-state index contributed by atoms with van der Waals surface area (Å²) in [6.45, 7) is 4.60. The van der Waals surface area contributed by atoms with Gasteiger partial charge in [0.15, 0.2) is 5.96 Å². The highest BCUT2D eigenvalue weighted by molar-refractivity contribution is 14.0. The minimum atomic E-state index is 0. The SMILES string of the molecule is CN=C(NCCCC(=O)N1Cc2ccccc2C1)N1CCC2(CCC2)C1.I. The van der Waals surface area contributed by atoms with Gasteiger partial charge in [-0.25, -0.2) is 0 Å². The Hall–Kier alpha value is -1.31. The molecule has 4 rings (SSSR count). The largest absolute Gasteiger partial charge is 0.356 e. The van der Waals surface area contributed by atoms with E-state index in [0.29, 0.717) is 11.8 Å². The van der Waals surface area contributed by atoms with Crippen molar-refractivity contribution < 1.29 is 4.79 Å². The van der Waals surface area contributed by atoms with E-state index in [-0.39, 0.29) is 29.9 Å². The van der Waals surface area contributed by atoms with Gasteiger partial charge < -0.3 is 15.1 Å². The molecule has 1 amide bonds. The molecule has 0 aromatic heterocycles. The number of carbonyl (C=O) groups is 1. The lowest BCUT2D eigenvalue weighted by atomic mass is 9.68. The van der Waals surface area contributed by atoms with Gasteiger partial charge in [-0.2, -0.15) is 0 Å². The van der Waals surface area contributed by atoms with Gasteiger partial charge in [0, 0.05) is 46.2 Å². The highest BCUT2D eigenvalue weighted by Gasteiger charge is 2.43. The van der Waals surface area contributed by atoms with E-state index in [9.17, 15) is 4.79 Å². The predicted molar refractivity (Wildman–Crippen MR) is 119 cm³/mol. The van der Waals surface area contributed by atoms with Crippen molar-refractivity contribution in [3.63, 3.8) is 0 Å². The van der Waals surface area contributed by atoms with E-state index in [1.165, 1.54) is 36.8 Å². The Balaban J connectivity index is 0.00000210. The molecule has 2 aliphatic heterocycles. The van der Waals surface area contributed by atoms with Crippen molar-refractivity contribution in [1.29, 1.82) is 0 Å². The second-order valence-corrected chi connectivity index (χ2v) is 8.12. The molecule has 0 radical (unpaired) electrons. The van der Waals surface area contributed by atoms with E-state index in [4.69, 9.17) is 0 Å². The van der Waals surface area contributed by atoms with Crippen molar-refractivity contribution in [2.45, 2.75) is 51.6 Å². The van der Waals surface area contributed by atoms with E-state index >= 15 is 0 Å². The first-order valence-corrected chi connectivity index (χ1v) is 9.99. The summed E-state index contributed by atoms with van der Waals surface area (Å²) >= 11 is 0. The van der Waals surface area contributed by atoms with Crippen molar-refractivity contribution in [3.05, 3.63) is 35.4 Å². The van der Waals surface area contributed by atoms with Crippen LogP contribution in [0.25, 0.3) is 0 Å². The smallest absolute Gasteiger partial charge is 0.223 e. The zero-order chi connectivity index (χ0) is 18.0. The number of rotatable bonds is 4. The summed E-state index contributed by atoms with van der Waals surface area (Å²) in [5.41, 5.74) is 3.16. The van der Waals surface area contributed by atoms with E-state index in [0.717, 1.165) is 45.1 Å². The quantitative estimate of drug-likeness (QED) is 0.310. The summed E-state index contributed by atoms with van der Waals surface area (Å²) in [6.07, 6.45) is 6.91. The maximum absolute atomic E-state index is 12.5. The number of benzene rings is 1. The zero-order valence-corrected chi connectivity index (χ0v) is 18.6. The predicted octanol–water partition coefficient (Wildman–Crippen LogP) is 3.38. The van der Waals surface area contributed by atoms with Crippen molar-refractivity contribution in [2.24, 2.45) is 10.4 Å². The second kappa shape index (κ2) is 8.80. The van der Waals surface area contributed by atoms with Crippen molar-refractivity contribution >= 4 is 35.8 Å². The van der Waals surface area contributed by atoms with Crippen LogP contribution in [0.3, 0.4) is 0 Å². The van der Waals surface area contributed by atoms with Crippen molar-refractivity contribution in [1.82, 2.24) is 15.1 Å². The molecule has 1 aromatic rings. The van der Waals surface area contributed by atoms with E-state index in [2.05, 4.69) is 39.5 Å². The van der Waals surface area contributed by atoms with Crippen LogP contribution < -0.4 is 5.32 Å².